The van der Waals surface area contributed by atoms with Crippen LogP contribution in [-0.2, 0) is 19.4 Å². The van der Waals surface area contributed by atoms with Gasteiger partial charge in [-0.25, -0.2) is 13.8 Å². The number of rotatable bonds is 8. The number of ether oxygens (including phenoxy) is 2. The number of hydrogen-bond donors (Lipinski definition) is 1. The van der Waals surface area contributed by atoms with Crippen LogP contribution >= 0.6 is 0 Å². The van der Waals surface area contributed by atoms with E-state index >= 15 is 0 Å². The molecule has 0 bridgehead atoms. The van der Waals surface area contributed by atoms with Crippen LogP contribution < -0.4 is 14.8 Å². The van der Waals surface area contributed by atoms with Crippen LogP contribution in [0.4, 0.5) is 8.78 Å². The molecule has 1 N–H and O–H groups in total. The van der Waals surface area contributed by atoms with Gasteiger partial charge < -0.3 is 19.7 Å². The lowest BCUT2D eigenvalue weighted by Gasteiger charge is -2.19. The maximum absolute atomic E-state index is 14.6. The summed E-state index contributed by atoms with van der Waals surface area (Å²) in [5, 5.41) is 3.42. The maximum Gasteiger partial charge on any atom is 0.213 e. The van der Waals surface area contributed by atoms with Crippen molar-refractivity contribution in [3.05, 3.63) is 58.8 Å². The summed E-state index contributed by atoms with van der Waals surface area (Å²) in [7, 11) is 1.55. The van der Waals surface area contributed by atoms with Crippen LogP contribution in [0.3, 0.4) is 0 Å². The van der Waals surface area contributed by atoms with Crippen molar-refractivity contribution >= 4 is 11.0 Å². The Morgan fingerprint density at radius 2 is 2.15 bits per heavy atom. The number of nitrogens with zero attached hydrogens (tertiary/aromatic N) is 3. The number of pyridine rings is 2. The first-order chi connectivity index (χ1) is 16.6. The molecule has 0 saturated carbocycles. The molecule has 34 heavy (non-hydrogen) atoms. The molecule has 4 heterocycles. The van der Waals surface area contributed by atoms with E-state index in [9.17, 15) is 8.78 Å². The molecule has 6 nitrogen and oxygen atoms in total. The lowest BCUT2D eigenvalue weighted by atomic mass is 10.0. The van der Waals surface area contributed by atoms with Gasteiger partial charge in [0.1, 0.15) is 17.4 Å². The van der Waals surface area contributed by atoms with Gasteiger partial charge in [-0.3, -0.25) is 4.98 Å². The Balaban J connectivity index is 1.14. The highest BCUT2D eigenvalue weighted by Crippen LogP contribution is 2.28. The summed E-state index contributed by atoms with van der Waals surface area (Å²) < 4.78 is 39.9. The van der Waals surface area contributed by atoms with Crippen LogP contribution in [-0.4, -0.2) is 54.8 Å². The minimum absolute atomic E-state index is 0.165. The van der Waals surface area contributed by atoms with E-state index < -0.39 is 0 Å². The van der Waals surface area contributed by atoms with Gasteiger partial charge in [0.25, 0.3) is 0 Å². The van der Waals surface area contributed by atoms with E-state index in [-0.39, 0.29) is 11.6 Å². The van der Waals surface area contributed by atoms with Gasteiger partial charge in [-0.1, -0.05) is 0 Å². The van der Waals surface area contributed by atoms with Crippen LogP contribution in [0.15, 0.2) is 30.5 Å². The van der Waals surface area contributed by atoms with Crippen molar-refractivity contribution < 1.29 is 18.3 Å². The topological polar surface area (TPSA) is 59.5 Å². The number of aromatic nitrogens is 2. The normalized spacial score (nSPS) is 18.1. The molecule has 2 aromatic heterocycles. The average molecular weight is 469 g/mol. The van der Waals surface area contributed by atoms with E-state index in [1.807, 2.05) is 6.07 Å². The predicted octanol–water partition coefficient (Wildman–Crippen LogP) is 3.90. The fourth-order valence-corrected chi connectivity index (χ4v) is 4.94. The van der Waals surface area contributed by atoms with Crippen molar-refractivity contribution in [3.8, 4) is 11.6 Å². The van der Waals surface area contributed by atoms with Gasteiger partial charge in [-0.15, -0.1) is 0 Å². The van der Waals surface area contributed by atoms with Crippen LogP contribution in [0.2, 0.25) is 0 Å². The predicted molar refractivity (Wildman–Crippen MR) is 126 cm³/mol. The minimum atomic E-state index is -0.332. The molecule has 1 fully saturated rings. The zero-order chi connectivity index (χ0) is 23.5. The molecule has 1 saturated heterocycles. The molecular formula is C26H30F2N4O2. The molecular weight excluding hydrogens is 438 g/mol. The lowest BCUT2D eigenvalue weighted by Crippen LogP contribution is -2.28. The SMILES string of the molecule is COc1ccc2ncc(F)c(CCN3CC[C@@H](CNCc4cc5c(cc4F)CCCO5)C3)c2n1. The molecule has 3 aromatic rings. The Bertz CT molecular complexity index is 1170. The first-order valence-electron chi connectivity index (χ1n) is 12.0. The first kappa shape index (κ1) is 22.9. The van der Waals surface area contributed by atoms with Crippen molar-refractivity contribution in [2.75, 3.05) is 39.9 Å². The minimum Gasteiger partial charge on any atom is -0.493 e. The van der Waals surface area contributed by atoms with Crippen LogP contribution in [0.25, 0.3) is 11.0 Å². The summed E-state index contributed by atoms with van der Waals surface area (Å²) in [4.78, 5) is 10.9. The summed E-state index contributed by atoms with van der Waals surface area (Å²) in [5.41, 5.74) is 3.42. The maximum atomic E-state index is 14.6. The van der Waals surface area contributed by atoms with E-state index in [2.05, 4.69) is 20.2 Å². The quantitative estimate of drug-likeness (QED) is 0.541. The number of halogens is 2. The molecule has 5 rings (SSSR count). The summed E-state index contributed by atoms with van der Waals surface area (Å²) >= 11 is 0. The molecule has 180 valence electrons. The van der Waals surface area contributed by atoms with Crippen molar-refractivity contribution in [3.63, 3.8) is 0 Å². The number of benzene rings is 1. The van der Waals surface area contributed by atoms with Crippen molar-refractivity contribution in [2.24, 2.45) is 5.92 Å². The van der Waals surface area contributed by atoms with E-state index in [1.54, 1.807) is 25.3 Å². The van der Waals surface area contributed by atoms with Gasteiger partial charge in [0.05, 0.1) is 30.9 Å². The molecule has 1 atom stereocenters. The largest absolute Gasteiger partial charge is 0.493 e. The Labute approximate surface area is 198 Å². The second-order valence-corrected chi connectivity index (χ2v) is 9.15. The highest BCUT2D eigenvalue weighted by molar-refractivity contribution is 5.78. The van der Waals surface area contributed by atoms with E-state index in [0.717, 1.165) is 56.8 Å². The number of likely N-dealkylation sites (tertiary alicyclic amines) is 1. The molecule has 0 spiro atoms. The number of nitrogens with one attached hydrogen (secondary N) is 1. The Morgan fingerprint density at radius 1 is 1.24 bits per heavy atom. The van der Waals surface area contributed by atoms with Crippen molar-refractivity contribution in [1.29, 1.82) is 0 Å². The molecule has 0 unspecified atom stereocenters. The third-order valence-corrected chi connectivity index (χ3v) is 6.82. The van der Waals surface area contributed by atoms with Crippen molar-refractivity contribution in [2.45, 2.75) is 32.2 Å². The van der Waals surface area contributed by atoms with Gasteiger partial charge in [-0.2, -0.15) is 0 Å². The van der Waals surface area contributed by atoms with Gasteiger partial charge in [-0.05, 0) is 68.5 Å². The second kappa shape index (κ2) is 10.2. The average Bonchev–Trinajstić information content (AvgIpc) is 3.31. The van der Waals surface area contributed by atoms with Crippen LogP contribution in [0.5, 0.6) is 11.6 Å². The molecule has 2 aliphatic heterocycles. The fraction of sp³-hybridized carbons (Fsp3) is 0.462. The third-order valence-electron chi connectivity index (χ3n) is 6.82. The summed E-state index contributed by atoms with van der Waals surface area (Å²) in [6, 6.07) is 7.00. The Kier molecular flexibility index (Phi) is 6.87. The number of methoxy groups -OCH3 is 1. The lowest BCUT2D eigenvalue weighted by molar-refractivity contribution is 0.287. The highest BCUT2D eigenvalue weighted by Gasteiger charge is 2.23. The molecule has 0 amide bonds. The number of fused-ring (bicyclic) bond motifs is 2. The monoisotopic (exact) mass is 468 g/mol. The van der Waals surface area contributed by atoms with E-state index in [4.69, 9.17) is 9.47 Å². The second-order valence-electron chi connectivity index (χ2n) is 9.15. The Hall–Kier alpha value is -2.84. The zero-order valence-electron chi connectivity index (χ0n) is 19.4. The Morgan fingerprint density at radius 3 is 3.03 bits per heavy atom. The summed E-state index contributed by atoms with van der Waals surface area (Å²) in [5.74, 6) is 1.26. The number of aryl methyl sites for hydroxylation is 1. The smallest absolute Gasteiger partial charge is 0.213 e. The molecule has 2 aliphatic rings. The van der Waals surface area contributed by atoms with E-state index in [1.165, 1.54) is 6.20 Å². The number of hydrogen-bond acceptors (Lipinski definition) is 6. The fourth-order valence-electron chi connectivity index (χ4n) is 4.94. The molecule has 0 aliphatic carbocycles. The highest BCUT2D eigenvalue weighted by atomic mass is 19.1. The third kappa shape index (κ3) is 4.98. The van der Waals surface area contributed by atoms with Crippen LogP contribution in [0.1, 0.15) is 29.5 Å². The molecule has 0 radical (unpaired) electrons. The molecule has 1 aromatic carbocycles. The zero-order valence-corrected chi connectivity index (χ0v) is 19.4. The molecule has 8 heteroatoms. The van der Waals surface area contributed by atoms with Gasteiger partial charge in [0.2, 0.25) is 5.88 Å². The van der Waals surface area contributed by atoms with E-state index in [0.29, 0.717) is 53.5 Å². The van der Waals surface area contributed by atoms with Gasteiger partial charge >= 0.3 is 0 Å². The van der Waals surface area contributed by atoms with Gasteiger partial charge in [0, 0.05) is 36.8 Å². The summed E-state index contributed by atoms with van der Waals surface area (Å²) in [6.45, 7) is 4.66. The van der Waals surface area contributed by atoms with Crippen LogP contribution in [0, 0.1) is 17.6 Å². The standard InChI is InChI=1S/C26H30F2N4O2/c1-33-25-5-4-23-26(31-25)20(22(28)15-30-23)7-9-32-8-6-17(16-32)13-29-14-19-12-24-18(11-21(19)27)3-2-10-34-24/h4-5,11-12,15,17,29H,2-3,6-10,13-14,16H2,1H3/t17-/m0/s1. The summed E-state index contributed by atoms with van der Waals surface area (Å²) in [6.07, 6.45) is 4.71. The first-order valence-corrected chi connectivity index (χ1v) is 12.0. The van der Waals surface area contributed by atoms with Gasteiger partial charge in [0.15, 0.2) is 0 Å². The van der Waals surface area contributed by atoms with Crippen molar-refractivity contribution in [1.82, 2.24) is 20.2 Å².